The van der Waals surface area contributed by atoms with Gasteiger partial charge < -0.3 is 20.3 Å². The Morgan fingerprint density at radius 2 is 1.96 bits per heavy atom. The molecule has 0 fully saturated rings. The Balaban J connectivity index is 2.20. The van der Waals surface area contributed by atoms with Crippen LogP contribution in [0.5, 0.6) is 5.75 Å². The zero-order valence-corrected chi connectivity index (χ0v) is 13.0. The largest absolute Gasteiger partial charge is 0.477 e. The summed E-state index contributed by atoms with van der Waals surface area (Å²) in [6.45, 7) is 8.58. The van der Waals surface area contributed by atoms with Crippen molar-refractivity contribution in [2.75, 3.05) is 31.1 Å². The van der Waals surface area contributed by atoms with Crippen LogP contribution in [0.3, 0.4) is 0 Å². The number of carbonyl (C=O) groups is 2. The van der Waals surface area contributed by atoms with Crippen molar-refractivity contribution in [3.8, 4) is 5.75 Å². The summed E-state index contributed by atoms with van der Waals surface area (Å²) in [7, 11) is 0. The molecule has 23 heavy (non-hydrogen) atoms. The Hall–Kier alpha value is -2.76. The van der Waals surface area contributed by atoms with E-state index in [0.29, 0.717) is 18.8 Å². The van der Waals surface area contributed by atoms with Gasteiger partial charge in [-0.1, -0.05) is 24.3 Å². The van der Waals surface area contributed by atoms with E-state index in [1.165, 1.54) is 0 Å². The lowest BCUT2D eigenvalue weighted by Crippen LogP contribution is -2.50. The van der Waals surface area contributed by atoms with E-state index < -0.39 is 12.0 Å². The van der Waals surface area contributed by atoms with Gasteiger partial charge in [-0.05, 0) is 12.1 Å². The van der Waals surface area contributed by atoms with E-state index in [4.69, 9.17) is 10.5 Å². The molecule has 0 unspecified atom stereocenters. The van der Waals surface area contributed by atoms with E-state index in [2.05, 4.69) is 13.2 Å². The van der Waals surface area contributed by atoms with Gasteiger partial charge in [-0.3, -0.25) is 9.59 Å². The van der Waals surface area contributed by atoms with Crippen LogP contribution in [-0.4, -0.2) is 49.0 Å². The summed E-state index contributed by atoms with van der Waals surface area (Å²) in [5.74, 6) is -0.0787. The molecule has 2 rings (SSSR count). The summed E-state index contributed by atoms with van der Waals surface area (Å²) in [6, 6.07) is 7.28. The monoisotopic (exact) mass is 315 g/mol. The van der Waals surface area contributed by atoms with E-state index in [0.717, 1.165) is 5.69 Å². The quantitative estimate of drug-likeness (QED) is 0.760. The van der Waals surface area contributed by atoms with Crippen molar-refractivity contribution in [2.24, 2.45) is 5.73 Å². The van der Waals surface area contributed by atoms with Gasteiger partial charge in [0.15, 0.2) is 6.10 Å². The zero-order valence-electron chi connectivity index (χ0n) is 13.0. The van der Waals surface area contributed by atoms with Crippen LogP contribution in [0, 0.1) is 0 Å². The third kappa shape index (κ3) is 3.91. The highest BCUT2D eigenvalue weighted by molar-refractivity contribution is 5.85. The van der Waals surface area contributed by atoms with Crippen LogP contribution in [0.4, 0.5) is 5.69 Å². The highest BCUT2D eigenvalue weighted by Gasteiger charge is 2.30. The minimum absolute atomic E-state index is 0.0790. The first-order valence-electron chi connectivity index (χ1n) is 7.36. The predicted octanol–water partition coefficient (Wildman–Crippen LogP) is 0.940. The normalized spacial score (nSPS) is 16.0. The molecule has 2 N–H and O–H groups in total. The summed E-state index contributed by atoms with van der Waals surface area (Å²) in [4.78, 5) is 27.4. The molecular formula is C17H21N3O3. The molecule has 1 aliphatic rings. The highest BCUT2D eigenvalue weighted by Crippen LogP contribution is 2.32. The fraction of sp³-hybridized carbons (Fsp3) is 0.294. The smallest absolute Gasteiger partial charge is 0.260 e. The van der Waals surface area contributed by atoms with E-state index in [-0.39, 0.29) is 19.0 Å². The van der Waals surface area contributed by atoms with Gasteiger partial charge >= 0.3 is 0 Å². The van der Waals surface area contributed by atoms with Crippen molar-refractivity contribution in [1.29, 1.82) is 0 Å². The number of para-hydroxylation sites is 2. The first-order valence-corrected chi connectivity index (χ1v) is 7.36. The number of ether oxygens (including phenoxy) is 1. The molecule has 6 heteroatoms. The van der Waals surface area contributed by atoms with Crippen LogP contribution in [0.25, 0.3) is 0 Å². The molecule has 122 valence electrons. The van der Waals surface area contributed by atoms with Crippen molar-refractivity contribution < 1.29 is 14.3 Å². The molecule has 0 spiro atoms. The minimum atomic E-state index is -0.773. The molecule has 0 aromatic heterocycles. The van der Waals surface area contributed by atoms with E-state index in [9.17, 15) is 9.59 Å². The van der Waals surface area contributed by atoms with Crippen molar-refractivity contribution in [3.05, 3.63) is 49.6 Å². The number of amides is 2. The van der Waals surface area contributed by atoms with Crippen LogP contribution in [0.15, 0.2) is 49.6 Å². The molecule has 0 aliphatic carbocycles. The predicted molar refractivity (Wildman–Crippen MR) is 89.2 cm³/mol. The van der Waals surface area contributed by atoms with Crippen molar-refractivity contribution >= 4 is 17.5 Å². The summed E-state index contributed by atoms with van der Waals surface area (Å²) in [5.41, 5.74) is 6.13. The van der Waals surface area contributed by atoms with Crippen LogP contribution in [-0.2, 0) is 9.59 Å². The van der Waals surface area contributed by atoms with Crippen molar-refractivity contribution in [2.45, 2.75) is 6.10 Å². The number of rotatable bonds is 7. The van der Waals surface area contributed by atoms with Crippen molar-refractivity contribution in [3.63, 3.8) is 0 Å². The molecule has 1 aromatic rings. The molecule has 0 saturated carbocycles. The second-order valence-electron chi connectivity index (χ2n) is 5.23. The van der Waals surface area contributed by atoms with Gasteiger partial charge in [0.2, 0.25) is 5.91 Å². The van der Waals surface area contributed by atoms with Crippen molar-refractivity contribution in [1.82, 2.24) is 4.90 Å². The van der Waals surface area contributed by atoms with E-state index in [1.54, 1.807) is 23.1 Å². The average Bonchev–Trinajstić information content (AvgIpc) is 2.54. The summed E-state index contributed by atoms with van der Waals surface area (Å²) >= 11 is 0. The van der Waals surface area contributed by atoms with Gasteiger partial charge in [0.1, 0.15) is 5.75 Å². The lowest BCUT2D eigenvalue weighted by atomic mass is 10.1. The summed E-state index contributed by atoms with van der Waals surface area (Å²) in [6.07, 6.45) is 2.56. The molecule has 0 saturated heterocycles. The number of benzene rings is 1. The molecular weight excluding hydrogens is 294 g/mol. The molecule has 2 amide bonds. The Bertz CT molecular complexity index is 605. The number of hydrogen-bond donors (Lipinski definition) is 1. The molecule has 1 heterocycles. The standard InChI is InChI=1S/C17H21N3O3/c1-3-9-19(10-4-2)16(21)12-20-11-15(17(18)22)23-14-8-6-5-7-13(14)20/h3-8,15H,1-2,9-12H2,(H2,18,22)/t15-/m0/s1. The van der Waals surface area contributed by atoms with Gasteiger partial charge in [-0.2, -0.15) is 0 Å². The maximum atomic E-state index is 12.5. The van der Waals surface area contributed by atoms with E-state index >= 15 is 0 Å². The van der Waals surface area contributed by atoms with Crippen LogP contribution < -0.4 is 15.4 Å². The fourth-order valence-electron chi connectivity index (χ4n) is 2.46. The molecule has 0 bridgehead atoms. The fourth-order valence-corrected chi connectivity index (χ4v) is 2.46. The molecule has 0 radical (unpaired) electrons. The number of anilines is 1. The second-order valence-corrected chi connectivity index (χ2v) is 5.23. The third-order valence-corrected chi connectivity index (χ3v) is 3.56. The molecule has 1 atom stereocenters. The third-order valence-electron chi connectivity index (χ3n) is 3.56. The molecule has 1 aliphatic heterocycles. The Kier molecular flexibility index (Phi) is 5.41. The first-order chi connectivity index (χ1) is 11.1. The molecule has 6 nitrogen and oxygen atoms in total. The molecule has 1 aromatic carbocycles. The SMILES string of the molecule is C=CCN(CC=C)C(=O)CN1C[C@@H](C(N)=O)Oc2ccccc21. The van der Waals surface area contributed by atoms with Crippen LogP contribution in [0.1, 0.15) is 0 Å². The van der Waals surface area contributed by atoms with Crippen LogP contribution >= 0.6 is 0 Å². The minimum Gasteiger partial charge on any atom is -0.477 e. The Morgan fingerprint density at radius 1 is 1.30 bits per heavy atom. The van der Waals surface area contributed by atoms with Gasteiger partial charge in [-0.25, -0.2) is 0 Å². The van der Waals surface area contributed by atoms with E-state index in [1.807, 2.05) is 23.1 Å². The lowest BCUT2D eigenvalue weighted by Gasteiger charge is -2.35. The number of hydrogen-bond acceptors (Lipinski definition) is 4. The van der Waals surface area contributed by atoms with Gasteiger partial charge in [-0.15, -0.1) is 13.2 Å². The zero-order chi connectivity index (χ0) is 16.8. The van der Waals surface area contributed by atoms with Gasteiger partial charge in [0, 0.05) is 13.1 Å². The maximum absolute atomic E-state index is 12.5. The number of primary amides is 1. The summed E-state index contributed by atoms with van der Waals surface area (Å²) in [5, 5.41) is 0. The number of nitrogens with two attached hydrogens (primary N) is 1. The second kappa shape index (κ2) is 7.49. The maximum Gasteiger partial charge on any atom is 0.260 e. The lowest BCUT2D eigenvalue weighted by molar-refractivity contribution is -0.129. The first kappa shape index (κ1) is 16.6. The Labute approximate surface area is 135 Å². The Morgan fingerprint density at radius 3 is 2.57 bits per heavy atom. The van der Waals surface area contributed by atoms with Crippen LogP contribution in [0.2, 0.25) is 0 Å². The van der Waals surface area contributed by atoms with Gasteiger partial charge in [0.05, 0.1) is 18.8 Å². The topological polar surface area (TPSA) is 75.9 Å². The summed E-state index contributed by atoms with van der Waals surface area (Å²) < 4.78 is 5.59. The average molecular weight is 315 g/mol. The number of nitrogens with zero attached hydrogens (tertiary/aromatic N) is 2. The highest BCUT2D eigenvalue weighted by atomic mass is 16.5. The number of carbonyl (C=O) groups excluding carboxylic acids is 2. The van der Waals surface area contributed by atoms with Gasteiger partial charge in [0.25, 0.3) is 5.91 Å². The number of fused-ring (bicyclic) bond motifs is 1.